The average Bonchev–Trinajstić information content (AvgIpc) is 4.42. The van der Waals surface area contributed by atoms with E-state index < -0.39 is 66.7 Å². The van der Waals surface area contributed by atoms with E-state index in [0.29, 0.717) is 41.2 Å². The number of imidazole rings is 2. The number of nitrogens with zero attached hydrogens (tertiary/aromatic N) is 7. The first-order chi connectivity index (χ1) is 39.3. The first kappa shape index (κ1) is 57.8. The second kappa shape index (κ2) is 23.8. The SMILES string of the molecule is COc1ccc(C(OC[C@H]2O[C@@H](n3cnc4c(=O)[nH]c(NCC(C)C)nc43)C[C@@H]2OS(=O)(=O)NC[C@H]2O[C@@H](n3cnc4c(NC(=O)c5ccccc5)ncnc43)C[C@@H]2O[Si](C)(C)C(C)(C)C)(c2ccccc2)c2ccc(OC)cc2)cc1. The number of amides is 1. The highest BCUT2D eigenvalue weighted by Gasteiger charge is 2.48. The predicted molar refractivity (Wildman–Crippen MR) is 310 cm³/mol. The van der Waals surface area contributed by atoms with Crippen LogP contribution in [0.4, 0.5) is 11.8 Å². The van der Waals surface area contributed by atoms with Crippen LogP contribution in [0.1, 0.15) is 87.0 Å². The Balaban J connectivity index is 0.961. The fraction of sp³-hybridized carbons (Fsp3) is 0.397. The molecule has 0 radical (unpaired) electrons. The lowest BCUT2D eigenvalue weighted by molar-refractivity contribution is -0.0898. The van der Waals surface area contributed by atoms with Gasteiger partial charge in [-0.15, -0.1) is 0 Å². The minimum Gasteiger partial charge on any atom is -0.497 e. The highest BCUT2D eigenvalue weighted by Crippen LogP contribution is 2.45. The van der Waals surface area contributed by atoms with Crippen LogP contribution in [0, 0.1) is 5.92 Å². The molecule has 0 aliphatic carbocycles. The molecule has 2 fully saturated rings. The number of hydrogen-bond acceptors (Lipinski definition) is 17. The number of ether oxygens (including phenoxy) is 5. The van der Waals surface area contributed by atoms with Crippen molar-refractivity contribution < 1.29 is 45.5 Å². The molecular weight excluding hydrogens is 1090 g/mol. The van der Waals surface area contributed by atoms with Gasteiger partial charge in [0, 0.05) is 31.5 Å². The number of carbonyl (C=O) groups excluding carboxylic acids is 1. The van der Waals surface area contributed by atoms with Gasteiger partial charge in [0.2, 0.25) is 5.95 Å². The lowest BCUT2D eigenvalue weighted by Gasteiger charge is -2.39. The minimum absolute atomic E-state index is 0.0322. The van der Waals surface area contributed by atoms with E-state index in [1.54, 1.807) is 53.9 Å². The number of methoxy groups -OCH3 is 2. The number of carbonyl (C=O) groups is 1. The van der Waals surface area contributed by atoms with Gasteiger partial charge in [0.1, 0.15) is 48.1 Å². The number of hydrogen-bond donors (Lipinski definition) is 4. The van der Waals surface area contributed by atoms with Gasteiger partial charge in [-0.2, -0.15) is 18.1 Å². The lowest BCUT2D eigenvalue weighted by Crippen LogP contribution is -2.48. The number of anilines is 2. The van der Waals surface area contributed by atoms with Crippen molar-refractivity contribution in [2.24, 2.45) is 5.92 Å². The van der Waals surface area contributed by atoms with Crippen molar-refractivity contribution in [2.75, 3.05) is 44.5 Å². The molecule has 432 valence electrons. The fourth-order valence-corrected chi connectivity index (χ4v) is 12.3. The molecule has 6 atom stereocenters. The molecule has 2 aliphatic heterocycles. The molecule has 2 aliphatic rings. The Hall–Kier alpha value is -7.42. The van der Waals surface area contributed by atoms with Crippen molar-refractivity contribution in [1.29, 1.82) is 0 Å². The first-order valence-corrected chi connectivity index (χ1v) is 31.5. The molecule has 4 N–H and O–H groups in total. The fourth-order valence-electron chi connectivity index (χ4n) is 9.96. The molecule has 82 heavy (non-hydrogen) atoms. The summed E-state index contributed by atoms with van der Waals surface area (Å²) in [6, 6.07) is 33.6. The normalized spacial score (nSPS) is 19.7. The van der Waals surface area contributed by atoms with E-state index in [2.05, 4.69) is 74.1 Å². The van der Waals surface area contributed by atoms with E-state index in [-0.39, 0.29) is 59.4 Å². The topological polar surface area (TPSA) is 259 Å². The molecule has 4 aromatic carbocycles. The molecule has 10 rings (SSSR count). The van der Waals surface area contributed by atoms with Crippen molar-refractivity contribution >= 4 is 58.6 Å². The number of aromatic nitrogens is 8. The Morgan fingerprint density at radius 3 is 1.94 bits per heavy atom. The molecule has 8 aromatic rings. The number of nitrogens with one attached hydrogen (secondary N) is 4. The summed E-state index contributed by atoms with van der Waals surface area (Å²) >= 11 is 0. The van der Waals surface area contributed by atoms with Gasteiger partial charge in [0.15, 0.2) is 36.5 Å². The Morgan fingerprint density at radius 2 is 1.33 bits per heavy atom. The Labute approximate surface area is 476 Å². The molecule has 1 amide bonds. The van der Waals surface area contributed by atoms with Crippen LogP contribution in [0.2, 0.25) is 18.1 Å². The van der Waals surface area contributed by atoms with Crippen LogP contribution >= 0.6 is 0 Å². The van der Waals surface area contributed by atoms with Gasteiger partial charge in [-0.05, 0) is 77.1 Å². The van der Waals surface area contributed by atoms with Crippen molar-refractivity contribution in [2.45, 2.75) is 108 Å². The third-order valence-electron chi connectivity index (χ3n) is 15.3. The minimum atomic E-state index is -4.64. The van der Waals surface area contributed by atoms with Crippen molar-refractivity contribution in [3.63, 3.8) is 0 Å². The van der Waals surface area contributed by atoms with Gasteiger partial charge in [0.25, 0.3) is 11.5 Å². The summed E-state index contributed by atoms with van der Waals surface area (Å²) in [5.41, 5.74) is 1.97. The van der Waals surface area contributed by atoms with Crippen molar-refractivity contribution in [1.82, 2.24) is 43.8 Å². The van der Waals surface area contributed by atoms with E-state index in [4.69, 9.17) is 37.3 Å². The number of benzene rings is 4. The molecular formula is C58H69N11O11SSi. The predicted octanol–water partition coefficient (Wildman–Crippen LogP) is 8.49. The van der Waals surface area contributed by atoms with E-state index in [9.17, 15) is 18.0 Å². The monoisotopic (exact) mass is 1160 g/mol. The maximum Gasteiger partial charge on any atom is 0.336 e. The average molecular weight is 1160 g/mol. The van der Waals surface area contributed by atoms with Gasteiger partial charge < -0.3 is 38.7 Å². The summed E-state index contributed by atoms with van der Waals surface area (Å²) in [7, 11) is -3.95. The summed E-state index contributed by atoms with van der Waals surface area (Å²) in [6.07, 6.45) is -0.635. The van der Waals surface area contributed by atoms with Crippen LogP contribution < -0.4 is 30.4 Å². The number of aromatic amines is 1. The largest absolute Gasteiger partial charge is 0.497 e. The Kier molecular flexibility index (Phi) is 16.8. The van der Waals surface area contributed by atoms with E-state index in [1.807, 2.05) is 98.8 Å². The molecule has 2 saturated heterocycles. The number of H-pyrrole nitrogens is 1. The van der Waals surface area contributed by atoms with Crippen LogP contribution in [0.3, 0.4) is 0 Å². The van der Waals surface area contributed by atoms with Crippen molar-refractivity contribution in [3.8, 4) is 11.5 Å². The Morgan fingerprint density at radius 1 is 0.756 bits per heavy atom. The molecule has 0 saturated carbocycles. The van der Waals surface area contributed by atoms with E-state index in [1.165, 1.54) is 12.7 Å². The van der Waals surface area contributed by atoms with Crippen molar-refractivity contribution in [3.05, 3.63) is 161 Å². The maximum atomic E-state index is 14.7. The zero-order chi connectivity index (χ0) is 58.0. The highest BCUT2D eigenvalue weighted by molar-refractivity contribution is 7.84. The standard InChI is InChI=1S/C58H69N11O11SSi/c1-36(2)30-59-56-66-53-50(55(71)67-56)63-35-69(53)47-28-43(46(78-47)32-76-58(38-18-14-11-15-19-38,39-20-24-41(74-6)25-21-39)40-22-26-42(75-7)27-23-40)79-81(72,73)64-31-45-44(80-82(8,9)57(3,4)5)29-48(77-45)68-34-62-49-51(60-33-61-52(49)68)65-54(70)37-16-12-10-13-17-37/h10-27,33-36,43-48,64H,28-32H2,1-9H3,(H2,59,66,67,71)(H,60,61,65,70)/t43-,44-,45+,46+,47+,48+/m0/s1. The van der Waals surface area contributed by atoms with Crippen LogP contribution in [-0.4, -0.2) is 120 Å². The highest BCUT2D eigenvalue weighted by atomic mass is 32.2. The summed E-state index contributed by atoms with van der Waals surface area (Å²) < 4.78 is 80.6. The molecule has 6 heterocycles. The molecule has 22 nitrogen and oxygen atoms in total. The summed E-state index contributed by atoms with van der Waals surface area (Å²) in [5.74, 6) is 1.62. The van der Waals surface area contributed by atoms with Gasteiger partial charge in [-0.1, -0.05) is 107 Å². The maximum absolute atomic E-state index is 14.7. The molecule has 0 unspecified atom stereocenters. The molecule has 24 heteroatoms. The van der Waals surface area contributed by atoms with E-state index >= 15 is 0 Å². The second-order valence-corrected chi connectivity index (χ2v) is 28.4. The summed E-state index contributed by atoms with van der Waals surface area (Å²) in [4.78, 5) is 52.0. The summed E-state index contributed by atoms with van der Waals surface area (Å²) in [6.45, 7) is 14.8. The van der Waals surface area contributed by atoms with Gasteiger partial charge in [-0.25, -0.2) is 19.9 Å². The molecule has 0 bridgehead atoms. The van der Waals surface area contributed by atoms with Gasteiger partial charge in [-0.3, -0.25) is 27.9 Å². The lowest BCUT2D eigenvalue weighted by atomic mass is 9.80. The zero-order valence-electron chi connectivity index (χ0n) is 47.2. The second-order valence-electron chi connectivity index (χ2n) is 22.3. The number of fused-ring (bicyclic) bond motifs is 2. The molecule has 0 spiro atoms. The third kappa shape index (κ3) is 12.2. The first-order valence-electron chi connectivity index (χ1n) is 27.2. The Bertz CT molecular complexity index is 3630. The zero-order valence-corrected chi connectivity index (χ0v) is 49.0. The quantitative estimate of drug-likeness (QED) is 0.0366. The van der Waals surface area contributed by atoms with Crippen LogP contribution in [0.5, 0.6) is 11.5 Å². The van der Waals surface area contributed by atoms with E-state index in [0.717, 1.165) is 16.7 Å². The smallest absolute Gasteiger partial charge is 0.336 e. The van der Waals surface area contributed by atoms with Crippen LogP contribution in [0.25, 0.3) is 22.3 Å². The third-order valence-corrected chi connectivity index (χ3v) is 20.8. The van der Waals surface area contributed by atoms with Crippen LogP contribution in [-0.2, 0) is 38.7 Å². The molecule has 4 aromatic heterocycles. The van der Waals surface area contributed by atoms with Gasteiger partial charge in [0.05, 0.1) is 45.7 Å². The van der Waals surface area contributed by atoms with Crippen LogP contribution in [0.15, 0.2) is 133 Å². The van der Waals surface area contributed by atoms with Gasteiger partial charge >= 0.3 is 10.3 Å². The summed E-state index contributed by atoms with van der Waals surface area (Å²) in [5, 5.41) is 5.83. The number of rotatable bonds is 22.